The van der Waals surface area contributed by atoms with Crippen LogP contribution in [0.3, 0.4) is 0 Å². The molecule has 1 nitrogen and oxygen atoms in total. The summed E-state index contributed by atoms with van der Waals surface area (Å²) in [5.74, 6) is -0.635. The average molecular weight is 276 g/mol. The van der Waals surface area contributed by atoms with Crippen molar-refractivity contribution in [2.75, 3.05) is 6.54 Å². The van der Waals surface area contributed by atoms with E-state index in [9.17, 15) is 8.78 Å². The van der Waals surface area contributed by atoms with Crippen molar-refractivity contribution in [2.24, 2.45) is 11.7 Å². The minimum absolute atomic E-state index is 0.0851. The summed E-state index contributed by atoms with van der Waals surface area (Å²) in [6.07, 6.45) is 1.58. The predicted octanol–water partition coefficient (Wildman–Crippen LogP) is 3.12. The minimum atomic E-state index is -1.70. The molecule has 1 atom stereocenters. The fraction of sp³-hybridized carbons (Fsp3) is 0.455. The van der Waals surface area contributed by atoms with Gasteiger partial charge in [0, 0.05) is 16.6 Å². The summed E-state index contributed by atoms with van der Waals surface area (Å²) in [6.45, 7) is -0.162. The van der Waals surface area contributed by atoms with Gasteiger partial charge in [0.2, 0.25) is 0 Å². The molecular formula is C11H12BrF2N. The van der Waals surface area contributed by atoms with Gasteiger partial charge in [0.25, 0.3) is 0 Å². The number of alkyl halides is 1. The lowest BCUT2D eigenvalue weighted by atomic mass is 9.90. The van der Waals surface area contributed by atoms with Gasteiger partial charge >= 0.3 is 0 Å². The molecule has 0 heterocycles. The Kier molecular flexibility index (Phi) is 2.81. The molecule has 0 aromatic heterocycles. The van der Waals surface area contributed by atoms with Crippen LogP contribution in [0.2, 0.25) is 0 Å². The van der Waals surface area contributed by atoms with Gasteiger partial charge in [0.1, 0.15) is 5.82 Å². The van der Waals surface area contributed by atoms with E-state index in [0.29, 0.717) is 4.47 Å². The van der Waals surface area contributed by atoms with Gasteiger partial charge in [-0.2, -0.15) is 0 Å². The van der Waals surface area contributed by atoms with Gasteiger partial charge in [0.15, 0.2) is 5.67 Å². The third-order valence-corrected chi connectivity index (χ3v) is 3.39. The first-order chi connectivity index (χ1) is 7.08. The van der Waals surface area contributed by atoms with E-state index in [1.54, 1.807) is 6.07 Å². The molecule has 1 aliphatic carbocycles. The number of hydrogen-bond acceptors (Lipinski definition) is 1. The van der Waals surface area contributed by atoms with Crippen molar-refractivity contribution >= 4 is 15.9 Å². The van der Waals surface area contributed by atoms with Gasteiger partial charge in [0.05, 0.1) is 0 Å². The third kappa shape index (κ3) is 1.93. The Morgan fingerprint density at radius 1 is 1.47 bits per heavy atom. The number of benzene rings is 1. The Morgan fingerprint density at radius 3 is 2.67 bits per heavy atom. The summed E-state index contributed by atoms with van der Waals surface area (Å²) < 4.78 is 28.7. The quantitative estimate of drug-likeness (QED) is 0.901. The van der Waals surface area contributed by atoms with E-state index < -0.39 is 11.5 Å². The number of halogens is 3. The lowest BCUT2D eigenvalue weighted by Crippen LogP contribution is -2.33. The van der Waals surface area contributed by atoms with E-state index in [4.69, 9.17) is 5.73 Å². The summed E-state index contributed by atoms with van der Waals surface area (Å²) in [4.78, 5) is 0. The highest BCUT2D eigenvalue weighted by Gasteiger charge is 2.47. The van der Waals surface area contributed by atoms with E-state index in [2.05, 4.69) is 15.9 Å². The zero-order valence-electron chi connectivity index (χ0n) is 8.14. The molecule has 2 N–H and O–H groups in total. The van der Waals surface area contributed by atoms with Crippen molar-refractivity contribution in [1.82, 2.24) is 0 Å². The molecule has 1 aliphatic rings. The Hall–Kier alpha value is -0.480. The van der Waals surface area contributed by atoms with Crippen LogP contribution in [0, 0.1) is 11.7 Å². The molecule has 0 spiro atoms. The molecule has 1 fully saturated rings. The maximum absolute atomic E-state index is 14.5. The van der Waals surface area contributed by atoms with Crippen LogP contribution in [0.4, 0.5) is 8.78 Å². The molecule has 1 unspecified atom stereocenters. The molecule has 0 bridgehead atoms. The lowest BCUT2D eigenvalue weighted by molar-refractivity contribution is 0.137. The van der Waals surface area contributed by atoms with Crippen molar-refractivity contribution in [1.29, 1.82) is 0 Å². The Balaban J connectivity index is 2.45. The zero-order valence-corrected chi connectivity index (χ0v) is 9.73. The summed E-state index contributed by atoms with van der Waals surface area (Å²) in [7, 11) is 0. The fourth-order valence-electron chi connectivity index (χ4n) is 1.85. The molecule has 1 aromatic carbocycles. The van der Waals surface area contributed by atoms with Crippen LogP contribution in [-0.4, -0.2) is 6.54 Å². The van der Waals surface area contributed by atoms with Crippen LogP contribution >= 0.6 is 15.9 Å². The first kappa shape index (κ1) is 11.0. The number of hydrogen-bond donors (Lipinski definition) is 1. The summed E-state index contributed by atoms with van der Waals surface area (Å²) in [6, 6.07) is 4.31. The van der Waals surface area contributed by atoms with Crippen molar-refractivity contribution in [3.8, 4) is 0 Å². The summed E-state index contributed by atoms with van der Waals surface area (Å²) in [5, 5.41) is 0. The van der Waals surface area contributed by atoms with Gasteiger partial charge in [-0.05, 0) is 37.0 Å². The van der Waals surface area contributed by atoms with Gasteiger partial charge in [-0.25, -0.2) is 8.78 Å². The maximum Gasteiger partial charge on any atom is 0.153 e. The first-order valence-electron chi connectivity index (χ1n) is 4.92. The van der Waals surface area contributed by atoms with Gasteiger partial charge < -0.3 is 5.73 Å². The molecule has 2 rings (SSSR count). The average Bonchev–Trinajstić information content (AvgIpc) is 3.04. The van der Waals surface area contributed by atoms with Crippen LogP contribution in [0.1, 0.15) is 18.4 Å². The molecule has 0 aliphatic heterocycles. The van der Waals surface area contributed by atoms with Crippen molar-refractivity contribution < 1.29 is 8.78 Å². The molecule has 0 saturated heterocycles. The van der Waals surface area contributed by atoms with Gasteiger partial charge in [-0.1, -0.05) is 15.9 Å². The van der Waals surface area contributed by atoms with E-state index in [1.165, 1.54) is 12.1 Å². The topological polar surface area (TPSA) is 26.0 Å². The van der Waals surface area contributed by atoms with Crippen molar-refractivity contribution in [3.63, 3.8) is 0 Å². The summed E-state index contributed by atoms with van der Waals surface area (Å²) >= 11 is 3.21. The molecule has 0 amide bonds. The fourth-order valence-corrected chi connectivity index (χ4v) is 2.21. The normalized spacial score (nSPS) is 20.0. The standard InChI is InChI=1S/C11H12BrF2N/c12-8-3-4-10(13)9(5-8)11(14,6-15)7-1-2-7/h3-5,7H,1-2,6,15H2. The number of nitrogens with two attached hydrogens (primary N) is 1. The molecule has 15 heavy (non-hydrogen) atoms. The molecular weight excluding hydrogens is 264 g/mol. The van der Waals surface area contributed by atoms with E-state index in [0.717, 1.165) is 12.8 Å². The van der Waals surface area contributed by atoms with Crippen LogP contribution < -0.4 is 5.73 Å². The predicted molar refractivity (Wildman–Crippen MR) is 58.7 cm³/mol. The second-order valence-electron chi connectivity index (χ2n) is 3.97. The van der Waals surface area contributed by atoms with Crippen LogP contribution in [-0.2, 0) is 5.67 Å². The second-order valence-corrected chi connectivity index (χ2v) is 4.88. The Bertz CT molecular complexity index is 379. The van der Waals surface area contributed by atoms with Crippen LogP contribution in [0.15, 0.2) is 22.7 Å². The first-order valence-corrected chi connectivity index (χ1v) is 5.71. The highest BCUT2D eigenvalue weighted by atomic mass is 79.9. The Morgan fingerprint density at radius 2 is 2.13 bits per heavy atom. The smallest absolute Gasteiger partial charge is 0.153 e. The summed E-state index contributed by atoms with van der Waals surface area (Å²) in [5.41, 5.74) is 3.83. The molecule has 82 valence electrons. The molecule has 1 saturated carbocycles. The number of rotatable bonds is 3. The maximum atomic E-state index is 14.5. The largest absolute Gasteiger partial charge is 0.327 e. The molecule has 1 aromatic rings. The highest BCUT2D eigenvalue weighted by Crippen LogP contribution is 2.48. The monoisotopic (exact) mass is 275 g/mol. The van der Waals surface area contributed by atoms with E-state index in [1.807, 2.05) is 0 Å². The van der Waals surface area contributed by atoms with E-state index >= 15 is 0 Å². The Labute approximate surface area is 95.8 Å². The SMILES string of the molecule is NCC(F)(c1cc(Br)ccc1F)C1CC1. The minimum Gasteiger partial charge on any atom is -0.327 e. The van der Waals surface area contributed by atoms with Gasteiger partial charge in [-0.15, -0.1) is 0 Å². The zero-order chi connectivity index (χ0) is 11.1. The third-order valence-electron chi connectivity index (χ3n) is 2.90. The van der Waals surface area contributed by atoms with Crippen LogP contribution in [0.5, 0.6) is 0 Å². The van der Waals surface area contributed by atoms with Crippen molar-refractivity contribution in [3.05, 3.63) is 34.1 Å². The second kappa shape index (κ2) is 3.83. The highest BCUT2D eigenvalue weighted by molar-refractivity contribution is 9.10. The lowest BCUT2D eigenvalue weighted by Gasteiger charge is -2.24. The van der Waals surface area contributed by atoms with Crippen LogP contribution in [0.25, 0.3) is 0 Å². The van der Waals surface area contributed by atoms with Gasteiger partial charge in [-0.3, -0.25) is 0 Å². The molecule has 4 heteroatoms. The van der Waals surface area contributed by atoms with Crippen molar-refractivity contribution in [2.45, 2.75) is 18.5 Å². The van der Waals surface area contributed by atoms with E-state index in [-0.39, 0.29) is 18.0 Å². The molecule has 0 radical (unpaired) electrons.